The van der Waals surface area contributed by atoms with E-state index in [1.54, 1.807) is 0 Å². The molecule has 0 saturated heterocycles. The maximum absolute atomic E-state index is 2.42. The third-order valence-corrected chi connectivity index (χ3v) is 9.43. The SMILES string of the molecule is C/C=C\c1c(CC)c2c(-c3cccc(-c4ccc5c(c4)-c4ccccc4/C=C/C(C)C/C=C/5C)c3)cccc2n1-c1ccccc1. The van der Waals surface area contributed by atoms with Crippen LogP contribution in [0.2, 0.25) is 0 Å². The summed E-state index contributed by atoms with van der Waals surface area (Å²) in [4.78, 5) is 0. The predicted octanol–water partition coefficient (Wildman–Crippen LogP) is 12.7. The van der Waals surface area contributed by atoms with Crippen molar-refractivity contribution in [1.29, 1.82) is 0 Å². The lowest BCUT2D eigenvalue weighted by atomic mass is 9.87. The number of hydrogen-bond acceptors (Lipinski definition) is 0. The van der Waals surface area contributed by atoms with Gasteiger partial charge in [0.1, 0.15) is 0 Å². The number of nitrogens with zero attached hydrogens (tertiary/aromatic N) is 1. The van der Waals surface area contributed by atoms with Gasteiger partial charge in [-0.25, -0.2) is 0 Å². The second-order valence-electron chi connectivity index (χ2n) is 12.5. The van der Waals surface area contributed by atoms with Gasteiger partial charge in [-0.1, -0.05) is 123 Å². The summed E-state index contributed by atoms with van der Waals surface area (Å²) >= 11 is 0. The Kier molecular flexibility index (Phi) is 8.16. The lowest BCUT2D eigenvalue weighted by Gasteiger charge is -2.17. The van der Waals surface area contributed by atoms with Crippen LogP contribution in [0.1, 0.15) is 56.5 Å². The van der Waals surface area contributed by atoms with E-state index in [-0.39, 0.29) is 0 Å². The fraction of sp³-hybridized carbons (Fsp3) is 0.156. The Labute approximate surface area is 273 Å². The first-order valence-electron chi connectivity index (χ1n) is 16.6. The summed E-state index contributed by atoms with van der Waals surface area (Å²) < 4.78 is 2.42. The molecular weight excluding hydrogens is 555 g/mol. The van der Waals surface area contributed by atoms with Crippen molar-refractivity contribution in [1.82, 2.24) is 4.57 Å². The van der Waals surface area contributed by atoms with E-state index in [1.807, 2.05) is 0 Å². The number of benzene rings is 5. The zero-order valence-electron chi connectivity index (χ0n) is 27.3. The summed E-state index contributed by atoms with van der Waals surface area (Å²) in [5.74, 6) is 0.503. The average molecular weight is 596 g/mol. The lowest BCUT2D eigenvalue weighted by molar-refractivity contribution is 0.748. The molecule has 46 heavy (non-hydrogen) atoms. The molecule has 1 aliphatic rings. The number of hydrogen-bond donors (Lipinski definition) is 0. The van der Waals surface area contributed by atoms with Gasteiger partial charge in [0.2, 0.25) is 0 Å². The summed E-state index contributed by atoms with van der Waals surface area (Å²) in [5, 5.41) is 1.33. The fourth-order valence-electron chi connectivity index (χ4n) is 7.09. The topological polar surface area (TPSA) is 4.93 Å². The van der Waals surface area contributed by atoms with Gasteiger partial charge in [0.05, 0.1) is 5.52 Å². The van der Waals surface area contributed by atoms with Crippen molar-refractivity contribution in [3.8, 4) is 39.1 Å². The smallest absolute Gasteiger partial charge is 0.0543 e. The van der Waals surface area contributed by atoms with Crippen molar-refractivity contribution < 1.29 is 0 Å². The minimum atomic E-state index is 0.503. The molecule has 0 fully saturated rings. The fourth-order valence-corrected chi connectivity index (χ4v) is 7.09. The van der Waals surface area contributed by atoms with Crippen LogP contribution in [-0.4, -0.2) is 4.57 Å². The summed E-state index contributed by atoms with van der Waals surface area (Å²) in [6, 6.07) is 42.5. The van der Waals surface area contributed by atoms with Crippen LogP contribution in [0.4, 0.5) is 0 Å². The van der Waals surface area contributed by atoms with Crippen molar-refractivity contribution in [3.05, 3.63) is 156 Å². The number of allylic oxidation sites excluding steroid dienone is 4. The highest BCUT2D eigenvalue weighted by Gasteiger charge is 2.20. The molecule has 1 aliphatic carbocycles. The highest BCUT2D eigenvalue weighted by Crippen LogP contribution is 2.40. The van der Waals surface area contributed by atoms with Crippen molar-refractivity contribution in [2.24, 2.45) is 5.92 Å². The number of aryl methyl sites for hydroxylation is 1. The Balaban J connectivity index is 1.40. The Morgan fingerprint density at radius 1 is 0.717 bits per heavy atom. The second kappa shape index (κ2) is 12.7. The molecule has 226 valence electrons. The van der Waals surface area contributed by atoms with Crippen molar-refractivity contribution in [3.63, 3.8) is 0 Å². The van der Waals surface area contributed by atoms with Gasteiger partial charge < -0.3 is 4.57 Å². The van der Waals surface area contributed by atoms with Crippen molar-refractivity contribution >= 4 is 28.6 Å². The van der Waals surface area contributed by atoms with Crippen LogP contribution in [0, 0.1) is 5.92 Å². The zero-order valence-corrected chi connectivity index (χ0v) is 27.3. The molecule has 0 radical (unpaired) electrons. The second-order valence-corrected chi connectivity index (χ2v) is 12.5. The molecule has 1 heteroatoms. The highest BCUT2D eigenvalue weighted by atomic mass is 15.0. The number of aromatic nitrogens is 1. The normalized spacial score (nSPS) is 16.5. The van der Waals surface area contributed by atoms with E-state index in [1.165, 1.54) is 77.9 Å². The summed E-state index contributed by atoms with van der Waals surface area (Å²) in [6.07, 6.45) is 13.5. The quantitative estimate of drug-likeness (QED) is 0.187. The first kappa shape index (κ1) is 29.6. The van der Waals surface area contributed by atoms with Crippen LogP contribution in [0.15, 0.2) is 133 Å². The molecule has 0 N–H and O–H groups in total. The van der Waals surface area contributed by atoms with E-state index in [0.717, 1.165) is 12.8 Å². The molecule has 1 heterocycles. The molecule has 0 amide bonds. The first-order chi connectivity index (χ1) is 22.6. The van der Waals surface area contributed by atoms with Crippen LogP contribution in [0.5, 0.6) is 0 Å². The Morgan fingerprint density at radius 2 is 1.46 bits per heavy atom. The Bertz CT molecular complexity index is 2130. The number of rotatable bonds is 5. The van der Waals surface area contributed by atoms with Gasteiger partial charge >= 0.3 is 0 Å². The van der Waals surface area contributed by atoms with E-state index < -0.39 is 0 Å². The summed E-state index contributed by atoms with van der Waals surface area (Å²) in [6.45, 7) is 8.93. The Morgan fingerprint density at radius 3 is 2.28 bits per heavy atom. The molecule has 1 nitrogen and oxygen atoms in total. The third kappa shape index (κ3) is 5.37. The van der Waals surface area contributed by atoms with E-state index in [9.17, 15) is 0 Å². The van der Waals surface area contributed by atoms with Gasteiger partial charge in [-0.2, -0.15) is 0 Å². The van der Waals surface area contributed by atoms with E-state index in [2.05, 4.69) is 178 Å². The van der Waals surface area contributed by atoms with E-state index in [0.29, 0.717) is 5.92 Å². The zero-order chi connectivity index (χ0) is 31.6. The van der Waals surface area contributed by atoms with Gasteiger partial charge in [-0.3, -0.25) is 0 Å². The van der Waals surface area contributed by atoms with Crippen LogP contribution < -0.4 is 0 Å². The van der Waals surface area contributed by atoms with Gasteiger partial charge in [0, 0.05) is 16.8 Å². The average Bonchev–Trinajstić information content (AvgIpc) is 3.43. The standard InChI is InChI=1S/C45H41N/c1-5-14-43-38(6-2)45-41(21-13-22-44(45)46(43)37-18-8-7-9-19-37)36-17-12-16-34(29-36)35-27-28-39-32(4)25-23-31(3)24-26-33-15-10-11-20-40(33)42(39)30-35/h5,7-22,24-31H,6,23H2,1-4H3/b14-5-,26-24+,32-25+. The monoisotopic (exact) mass is 595 g/mol. The predicted molar refractivity (Wildman–Crippen MR) is 200 cm³/mol. The largest absolute Gasteiger partial charge is 0.310 e. The van der Waals surface area contributed by atoms with Crippen molar-refractivity contribution in [2.45, 2.75) is 40.5 Å². The minimum absolute atomic E-state index is 0.503. The molecule has 0 saturated carbocycles. The molecule has 0 spiro atoms. The van der Waals surface area contributed by atoms with Gasteiger partial charge in [0.25, 0.3) is 0 Å². The molecule has 7 rings (SSSR count). The minimum Gasteiger partial charge on any atom is -0.310 e. The lowest BCUT2D eigenvalue weighted by Crippen LogP contribution is -1.97. The first-order valence-corrected chi connectivity index (χ1v) is 16.6. The number of para-hydroxylation sites is 1. The summed E-state index contributed by atoms with van der Waals surface area (Å²) in [7, 11) is 0. The molecule has 0 bridgehead atoms. The molecule has 1 aromatic heterocycles. The van der Waals surface area contributed by atoms with Crippen LogP contribution in [-0.2, 0) is 6.42 Å². The molecule has 1 unspecified atom stereocenters. The van der Waals surface area contributed by atoms with Crippen LogP contribution >= 0.6 is 0 Å². The molecule has 6 aromatic rings. The maximum atomic E-state index is 2.42. The highest BCUT2D eigenvalue weighted by molar-refractivity contribution is 6.02. The van der Waals surface area contributed by atoms with E-state index >= 15 is 0 Å². The molecule has 1 atom stereocenters. The van der Waals surface area contributed by atoms with Gasteiger partial charge in [-0.05, 0) is 125 Å². The number of fused-ring (bicyclic) bond motifs is 4. The Hall–Kier alpha value is -5.14. The van der Waals surface area contributed by atoms with Gasteiger partial charge in [0.15, 0.2) is 0 Å². The van der Waals surface area contributed by atoms with Crippen LogP contribution in [0.25, 0.3) is 67.7 Å². The summed E-state index contributed by atoms with van der Waals surface area (Å²) in [5.41, 5.74) is 16.5. The van der Waals surface area contributed by atoms with Gasteiger partial charge in [-0.15, -0.1) is 0 Å². The van der Waals surface area contributed by atoms with Crippen molar-refractivity contribution in [2.75, 3.05) is 0 Å². The third-order valence-electron chi connectivity index (χ3n) is 9.43. The molecule has 5 aromatic carbocycles. The molecule has 0 aliphatic heterocycles. The maximum Gasteiger partial charge on any atom is 0.0543 e. The van der Waals surface area contributed by atoms with E-state index in [4.69, 9.17) is 0 Å². The molecular formula is C45H41N. The van der Waals surface area contributed by atoms with Crippen LogP contribution in [0.3, 0.4) is 0 Å².